The van der Waals surface area contributed by atoms with Crippen LogP contribution in [0.25, 0.3) is 0 Å². The average Bonchev–Trinajstić information content (AvgIpc) is 2.60. The number of rotatable bonds is 11. The fourth-order valence-electron chi connectivity index (χ4n) is 2.84. The zero-order valence-electron chi connectivity index (χ0n) is 16.7. The summed E-state index contributed by atoms with van der Waals surface area (Å²) < 4.78 is 0. The van der Waals surface area contributed by atoms with Gasteiger partial charge in [0.25, 0.3) is 0 Å². The molecule has 3 atom stereocenters. The Morgan fingerprint density at radius 2 is 1.56 bits per heavy atom. The Labute approximate surface area is 162 Å². The first-order chi connectivity index (χ1) is 12.7. The van der Waals surface area contributed by atoms with Crippen molar-refractivity contribution in [2.45, 2.75) is 65.1 Å². The molecule has 0 bridgehead atoms. The van der Waals surface area contributed by atoms with Gasteiger partial charge in [0.1, 0.15) is 6.04 Å². The lowest BCUT2D eigenvalue weighted by atomic mass is 10.00. The number of nitrogens with two attached hydrogens (primary N) is 1. The molecule has 6 nitrogen and oxygen atoms in total. The van der Waals surface area contributed by atoms with Crippen molar-refractivity contribution in [2.24, 2.45) is 17.6 Å². The highest BCUT2D eigenvalue weighted by molar-refractivity contribution is 5.90. The number of nitrogens with one attached hydrogen (secondary N) is 2. The molecular formula is C21H32N3O3. The van der Waals surface area contributed by atoms with Crippen LogP contribution in [0.3, 0.4) is 0 Å². The normalized spacial score (nSPS) is 14.5. The minimum atomic E-state index is -0.768. The van der Waals surface area contributed by atoms with Crippen LogP contribution in [0, 0.1) is 11.8 Å². The number of carbonyl (C=O) groups excluding carboxylic acids is 3. The van der Waals surface area contributed by atoms with E-state index >= 15 is 0 Å². The molecule has 1 radical (unpaired) electrons. The maximum absolute atomic E-state index is 12.7. The van der Waals surface area contributed by atoms with Crippen LogP contribution >= 0.6 is 0 Å². The van der Waals surface area contributed by atoms with Gasteiger partial charge in [-0.2, -0.15) is 0 Å². The number of amides is 2. The highest BCUT2D eigenvalue weighted by Crippen LogP contribution is 2.09. The second-order valence-electron chi connectivity index (χ2n) is 7.80. The fraction of sp³-hybridized carbons (Fsp3) is 0.571. The van der Waals surface area contributed by atoms with E-state index in [1.54, 1.807) is 0 Å². The van der Waals surface area contributed by atoms with Gasteiger partial charge in [-0.3, -0.25) is 14.4 Å². The lowest BCUT2D eigenvalue weighted by Crippen LogP contribution is -2.54. The van der Waals surface area contributed by atoms with Gasteiger partial charge in [0.2, 0.25) is 18.1 Å². The summed E-state index contributed by atoms with van der Waals surface area (Å²) >= 11 is 0. The van der Waals surface area contributed by atoms with Crippen LogP contribution in [0.5, 0.6) is 0 Å². The van der Waals surface area contributed by atoms with E-state index in [0.29, 0.717) is 19.3 Å². The Balaban J connectivity index is 2.75. The van der Waals surface area contributed by atoms with Gasteiger partial charge < -0.3 is 16.4 Å². The van der Waals surface area contributed by atoms with Crippen molar-refractivity contribution in [3.8, 4) is 0 Å². The van der Waals surface area contributed by atoms with Crippen molar-refractivity contribution in [3.05, 3.63) is 35.9 Å². The maximum Gasteiger partial charge on any atom is 0.243 e. The molecule has 2 amide bonds. The number of hydrogen-bond acceptors (Lipinski definition) is 4. The molecule has 0 aliphatic carbocycles. The van der Waals surface area contributed by atoms with Gasteiger partial charge in [-0.1, -0.05) is 58.0 Å². The molecular weight excluding hydrogens is 342 g/mol. The topological polar surface area (TPSA) is 101 Å². The van der Waals surface area contributed by atoms with Crippen LogP contribution in [0.15, 0.2) is 30.3 Å². The van der Waals surface area contributed by atoms with Crippen molar-refractivity contribution in [3.63, 3.8) is 0 Å². The van der Waals surface area contributed by atoms with Crippen molar-refractivity contribution in [1.29, 1.82) is 0 Å². The molecule has 4 N–H and O–H groups in total. The van der Waals surface area contributed by atoms with E-state index in [4.69, 9.17) is 5.73 Å². The van der Waals surface area contributed by atoms with Gasteiger partial charge in [0, 0.05) is 6.42 Å². The maximum atomic E-state index is 12.7. The van der Waals surface area contributed by atoms with E-state index in [-0.39, 0.29) is 17.7 Å². The molecule has 6 heteroatoms. The zero-order chi connectivity index (χ0) is 20.4. The quantitative estimate of drug-likeness (QED) is 0.549. The zero-order valence-corrected chi connectivity index (χ0v) is 16.7. The third-order valence-corrected chi connectivity index (χ3v) is 4.14. The molecule has 0 saturated carbocycles. The molecule has 1 aromatic carbocycles. The van der Waals surface area contributed by atoms with Crippen LogP contribution in [-0.2, 0) is 20.8 Å². The Bertz CT molecular complexity index is 602. The van der Waals surface area contributed by atoms with Crippen LogP contribution in [0.4, 0.5) is 0 Å². The summed E-state index contributed by atoms with van der Waals surface area (Å²) in [5.74, 6) is -0.268. The van der Waals surface area contributed by atoms with E-state index in [1.807, 2.05) is 64.3 Å². The van der Waals surface area contributed by atoms with Crippen LogP contribution < -0.4 is 16.4 Å². The summed E-state index contributed by atoms with van der Waals surface area (Å²) in [6.45, 7) is 7.90. The van der Waals surface area contributed by atoms with Gasteiger partial charge in [-0.05, 0) is 30.2 Å². The van der Waals surface area contributed by atoms with Crippen LogP contribution in [0.2, 0.25) is 0 Å². The standard InChI is InChI=1S/C21H32N3O3/c1-14(2)10-18(22)20(26)24-19(11-15(3)4)21(27)23-17(13-25)12-16-8-6-5-7-9-16/h5-9,14-15,17-19H,10-12,22H2,1-4H3,(H,23,27)(H,24,26)/t17-,18-,19-/m0/s1. The number of hydrogen-bond donors (Lipinski definition) is 3. The first kappa shape index (κ1) is 22.8. The number of benzene rings is 1. The van der Waals surface area contributed by atoms with Crippen molar-refractivity contribution in [2.75, 3.05) is 0 Å². The van der Waals surface area contributed by atoms with E-state index in [0.717, 1.165) is 5.56 Å². The monoisotopic (exact) mass is 374 g/mol. The van der Waals surface area contributed by atoms with Crippen molar-refractivity contribution < 1.29 is 14.4 Å². The summed E-state index contributed by atoms with van der Waals surface area (Å²) in [6, 6.07) is 7.23. The summed E-state index contributed by atoms with van der Waals surface area (Å²) in [6.07, 6.45) is 3.23. The highest BCUT2D eigenvalue weighted by Gasteiger charge is 2.26. The second kappa shape index (κ2) is 11.5. The van der Waals surface area contributed by atoms with E-state index in [9.17, 15) is 14.4 Å². The smallest absolute Gasteiger partial charge is 0.243 e. The van der Waals surface area contributed by atoms with Crippen LogP contribution in [0.1, 0.15) is 46.1 Å². The molecule has 27 heavy (non-hydrogen) atoms. The minimum Gasteiger partial charge on any atom is -0.344 e. The molecule has 1 rings (SSSR count). The van der Waals surface area contributed by atoms with Crippen molar-refractivity contribution in [1.82, 2.24) is 10.6 Å². The molecule has 0 aliphatic heterocycles. The average molecular weight is 375 g/mol. The van der Waals surface area contributed by atoms with Gasteiger partial charge >= 0.3 is 0 Å². The molecule has 1 aromatic rings. The molecule has 0 spiro atoms. The SMILES string of the molecule is CC(C)C[C@H](NC(=O)[C@@H](N)CC(C)C)C(=O)N[C@H]([C]=O)Cc1ccccc1. The Morgan fingerprint density at radius 3 is 2.07 bits per heavy atom. The Morgan fingerprint density at radius 1 is 0.963 bits per heavy atom. The van der Waals surface area contributed by atoms with Gasteiger partial charge in [-0.25, -0.2) is 0 Å². The summed E-state index contributed by atoms with van der Waals surface area (Å²) in [4.78, 5) is 36.3. The highest BCUT2D eigenvalue weighted by atomic mass is 16.2. The third-order valence-electron chi connectivity index (χ3n) is 4.14. The molecule has 0 unspecified atom stereocenters. The first-order valence-electron chi connectivity index (χ1n) is 9.50. The summed E-state index contributed by atoms with van der Waals surface area (Å²) in [5.41, 5.74) is 6.85. The lowest BCUT2D eigenvalue weighted by molar-refractivity contribution is -0.130. The van der Waals surface area contributed by atoms with E-state index in [1.165, 1.54) is 0 Å². The molecule has 0 aromatic heterocycles. The van der Waals surface area contributed by atoms with Gasteiger partial charge in [0.15, 0.2) is 0 Å². The minimum absolute atomic E-state index is 0.190. The summed E-state index contributed by atoms with van der Waals surface area (Å²) in [7, 11) is 0. The molecule has 0 saturated heterocycles. The molecule has 0 fully saturated rings. The fourth-order valence-corrected chi connectivity index (χ4v) is 2.84. The predicted molar refractivity (Wildman–Crippen MR) is 107 cm³/mol. The van der Waals surface area contributed by atoms with Gasteiger partial charge in [-0.15, -0.1) is 0 Å². The van der Waals surface area contributed by atoms with Crippen molar-refractivity contribution >= 4 is 18.1 Å². The first-order valence-corrected chi connectivity index (χ1v) is 9.50. The Hall–Kier alpha value is -2.21. The van der Waals surface area contributed by atoms with E-state index < -0.39 is 24.0 Å². The Kier molecular flexibility index (Phi) is 9.72. The lowest BCUT2D eigenvalue weighted by Gasteiger charge is -2.24. The van der Waals surface area contributed by atoms with Gasteiger partial charge in [0.05, 0.1) is 12.1 Å². The second-order valence-corrected chi connectivity index (χ2v) is 7.80. The predicted octanol–water partition coefficient (Wildman–Crippen LogP) is 1.73. The largest absolute Gasteiger partial charge is 0.344 e. The molecule has 0 aliphatic rings. The molecule has 149 valence electrons. The van der Waals surface area contributed by atoms with Crippen LogP contribution in [-0.4, -0.2) is 36.2 Å². The third kappa shape index (κ3) is 8.82. The molecule has 0 heterocycles. The number of carbonyl (C=O) groups is 2. The summed E-state index contributed by atoms with van der Waals surface area (Å²) in [5, 5.41) is 5.43. The van der Waals surface area contributed by atoms with E-state index in [2.05, 4.69) is 10.6 Å².